The molecule has 1 fully saturated rings. The molecule has 1 aliphatic rings. The highest BCUT2D eigenvalue weighted by Crippen LogP contribution is 2.22. The molecule has 2 N–H and O–H groups in total. The van der Waals surface area contributed by atoms with Gasteiger partial charge in [0, 0.05) is 39.0 Å². The van der Waals surface area contributed by atoms with Crippen LogP contribution in [0.2, 0.25) is 0 Å². The first kappa shape index (κ1) is 14.8. The number of carbonyl (C=O) groups excluding carboxylic acids is 1. The van der Waals surface area contributed by atoms with Gasteiger partial charge in [-0.15, -0.1) is 0 Å². The lowest BCUT2D eigenvalue weighted by Crippen LogP contribution is -2.49. The Labute approximate surface area is 120 Å². The first-order chi connectivity index (χ1) is 9.70. The number of ether oxygens (including phenoxy) is 1. The third-order valence-electron chi connectivity index (χ3n) is 3.66. The van der Waals surface area contributed by atoms with E-state index in [9.17, 15) is 4.79 Å². The molecular weight excluding hydrogens is 254 g/mol. The highest BCUT2D eigenvalue weighted by molar-refractivity contribution is 5.76. The number of hydrogen-bond acceptors (Lipinski definition) is 4. The highest BCUT2D eigenvalue weighted by Gasteiger charge is 2.19. The third kappa shape index (κ3) is 3.95. The molecule has 20 heavy (non-hydrogen) atoms. The van der Waals surface area contributed by atoms with Crippen LogP contribution in [0, 0.1) is 0 Å². The van der Waals surface area contributed by atoms with Crippen LogP contribution in [-0.4, -0.2) is 57.2 Å². The number of nitrogens with zero attached hydrogens (tertiary/aromatic N) is 2. The van der Waals surface area contributed by atoms with Crippen molar-refractivity contribution in [2.75, 3.05) is 51.3 Å². The number of amides is 1. The quantitative estimate of drug-likeness (QED) is 0.822. The van der Waals surface area contributed by atoms with Gasteiger partial charge in [0.1, 0.15) is 0 Å². The lowest BCUT2D eigenvalue weighted by Gasteiger charge is -2.36. The van der Waals surface area contributed by atoms with Crippen molar-refractivity contribution >= 4 is 11.6 Å². The van der Waals surface area contributed by atoms with E-state index >= 15 is 0 Å². The molecule has 0 saturated carbocycles. The van der Waals surface area contributed by atoms with E-state index in [1.807, 2.05) is 0 Å². The highest BCUT2D eigenvalue weighted by atomic mass is 16.5. The van der Waals surface area contributed by atoms with E-state index in [4.69, 9.17) is 10.5 Å². The summed E-state index contributed by atoms with van der Waals surface area (Å²) in [5, 5.41) is 0. The molecule has 0 bridgehead atoms. The molecule has 0 unspecified atom stereocenters. The van der Waals surface area contributed by atoms with Gasteiger partial charge in [-0.05, 0) is 18.1 Å². The first-order valence-corrected chi connectivity index (χ1v) is 7.03. The number of nitrogens with two attached hydrogens (primary N) is 1. The number of piperazine rings is 1. The Morgan fingerprint density at radius 2 is 1.95 bits per heavy atom. The summed E-state index contributed by atoms with van der Waals surface area (Å²) in [5.41, 5.74) is 7.84. The van der Waals surface area contributed by atoms with E-state index in [1.54, 1.807) is 7.11 Å². The van der Waals surface area contributed by atoms with Crippen molar-refractivity contribution in [3.63, 3.8) is 0 Å². The van der Waals surface area contributed by atoms with Crippen LogP contribution in [-0.2, 0) is 16.0 Å². The SMILES string of the molecule is COCCc1ccccc1N1CCN(CC(N)=O)CC1. The van der Waals surface area contributed by atoms with Crippen LogP contribution in [0.15, 0.2) is 24.3 Å². The van der Waals surface area contributed by atoms with Crippen LogP contribution < -0.4 is 10.6 Å². The summed E-state index contributed by atoms with van der Waals surface area (Å²) in [6.45, 7) is 4.70. The Balaban J connectivity index is 1.97. The van der Waals surface area contributed by atoms with Gasteiger partial charge in [-0.25, -0.2) is 0 Å². The smallest absolute Gasteiger partial charge is 0.231 e. The molecule has 1 amide bonds. The van der Waals surface area contributed by atoms with E-state index in [0.717, 1.165) is 39.2 Å². The molecule has 0 aromatic heterocycles. The van der Waals surface area contributed by atoms with Gasteiger partial charge in [-0.2, -0.15) is 0 Å². The lowest BCUT2D eigenvalue weighted by molar-refractivity contribution is -0.119. The number of hydrogen-bond donors (Lipinski definition) is 1. The van der Waals surface area contributed by atoms with Crippen LogP contribution >= 0.6 is 0 Å². The van der Waals surface area contributed by atoms with Crippen molar-refractivity contribution < 1.29 is 9.53 Å². The predicted molar refractivity (Wildman–Crippen MR) is 79.9 cm³/mol. The molecule has 0 spiro atoms. The van der Waals surface area contributed by atoms with Crippen molar-refractivity contribution in [2.24, 2.45) is 5.73 Å². The number of primary amides is 1. The van der Waals surface area contributed by atoms with Crippen LogP contribution in [0.3, 0.4) is 0 Å². The van der Waals surface area contributed by atoms with Crippen LogP contribution in [0.25, 0.3) is 0 Å². The zero-order valence-electron chi connectivity index (χ0n) is 12.0. The maximum absolute atomic E-state index is 10.9. The van der Waals surface area contributed by atoms with Gasteiger partial charge in [0.2, 0.25) is 5.91 Å². The molecule has 5 nitrogen and oxygen atoms in total. The number of benzene rings is 1. The van der Waals surface area contributed by atoms with Crippen molar-refractivity contribution in [2.45, 2.75) is 6.42 Å². The number of para-hydroxylation sites is 1. The third-order valence-corrected chi connectivity index (χ3v) is 3.66. The molecule has 0 radical (unpaired) electrons. The van der Waals surface area contributed by atoms with Crippen molar-refractivity contribution in [3.8, 4) is 0 Å². The van der Waals surface area contributed by atoms with Gasteiger partial charge in [0.05, 0.1) is 13.2 Å². The van der Waals surface area contributed by atoms with Crippen LogP contribution in [0.1, 0.15) is 5.56 Å². The van der Waals surface area contributed by atoms with Crippen molar-refractivity contribution in [1.82, 2.24) is 4.90 Å². The fraction of sp³-hybridized carbons (Fsp3) is 0.533. The molecule has 1 saturated heterocycles. The number of anilines is 1. The topological polar surface area (TPSA) is 58.8 Å². The average molecular weight is 277 g/mol. The molecule has 0 aliphatic carbocycles. The molecule has 1 aliphatic heterocycles. The number of rotatable bonds is 6. The molecule has 1 aromatic carbocycles. The lowest BCUT2D eigenvalue weighted by atomic mass is 10.1. The zero-order valence-corrected chi connectivity index (χ0v) is 12.0. The molecule has 5 heteroatoms. The summed E-state index contributed by atoms with van der Waals surface area (Å²) in [6.07, 6.45) is 0.925. The fourth-order valence-corrected chi connectivity index (χ4v) is 2.61. The molecule has 2 rings (SSSR count). The Morgan fingerprint density at radius 3 is 2.60 bits per heavy atom. The second-order valence-electron chi connectivity index (χ2n) is 5.10. The summed E-state index contributed by atoms with van der Waals surface area (Å²) in [4.78, 5) is 15.4. The zero-order chi connectivity index (χ0) is 14.4. The van der Waals surface area contributed by atoms with E-state index in [2.05, 4.69) is 34.1 Å². The standard InChI is InChI=1S/C15H23N3O2/c1-20-11-6-13-4-2-3-5-14(13)18-9-7-17(8-10-18)12-15(16)19/h2-5H,6-12H2,1H3,(H2,16,19). The maximum atomic E-state index is 10.9. The minimum absolute atomic E-state index is 0.251. The molecule has 0 atom stereocenters. The van der Waals surface area contributed by atoms with Gasteiger partial charge in [0.15, 0.2) is 0 Å². The summed E-state index contributed by atoms with van der Waals surface area (Å²) in [6, 6.07) is 8.46. The van der Waals surface area contributed by atoms with Crippen LogP contribution in [0.5, 0.6) is 0 Å². The van der Waals surface area contributed by atoms with Crippen molar-refractivity contribution in [3.05, 3.63) is 29.8 Å². The first-order valence-electron chi connectivity index (χ1n) is 7.03. The monoisotopic (exact) mass is 277 g/mol. The van der Waals surface area contributed by atoms with Gasteiger partial charge in [-0.1, -0.05) is 18.2 Å². The summed E-state index contributed by atoms with van der Waals surface area (Å²) < 4.78 is 5.17. The van der Waals surface area contributed by atoms with E-state index in [0.29, 0.717) is 6.54 Å². The Hall–Kier alpha value is -1.59. The largest absolute Gasteiger partial charge is 0.384 e. The Morgan fingerprint density at radius 1 is 1.25 bits per heavy atom. The van der Waals surface area contributed by atoms with Gasteiger partial charge >= 0.3 is 0 Å². The number of methoxy groups -OCH3 is 1. The van der Waals surface area contributed by atoms with Crippen LogP contribution in [0.4, 0.5) is 5.69 Å². The van der Waals surface area contributed by atoms with E-state index in [-0.39, 0.29) is 5.91 Å². The minimum atomic E-state index is -0.251. The Kier molecular flexibility index (Phi) is 5.38. The molecule has 1 aromatic rings. The van der Waals surface area contributed by atoms with Gasteiger partial charge in [-0.3, -0.25) is 9.69 Å². The van der Waals surface area contributed by atoms with E-state index < -0.39 is 0 Å². The maximum Gasteiger partial charge on any atom is 0.231 e. The molecule has 110 valence electrons. The van der Waals surface area contributed by atoms with E-state index in [1.165, 1.54) is 11.3 Å². The Bertz CT molecular complexity index is 442. The van der Waals surface area contributed by atoms with Gasteiger partial charge < -0.3 is 15.4 Å². The number of carbonyl (C=O) groups is 1. The molecule has 1 heterocycles. The minimum Gasteiger partial charge on any atom is -0.384 e. The average Bonchev–Trinajstić information content (AvgIpc) is 2.46. The second-order valence-corrected chi connectivity index (χ2v) is 5.10. The van der Waals surface area contributed by atoms with Gasteiger partial charge in [0.25, 0.3) is 0 Å². The summed E-state index contributed by atoms with van der Waals surface area (Å²) in [5.74, 6) is -0.251. The summed E-state index contributed by atoms with van der Waals surface area (Å²) >= 11 is 0. The van der Waals surface area contributed by atoms with Crippen molar-refractivity contribution in [1.29, 1.82) is 0 Å². The second kappa shape index (κ2) is 7.26. The normalized spacial score (nSPS) is 16.4. The predicted octanol–water partition coefficient (Wildman–Crippen LogP) is 0.483. The fourth-order valence-electron chi connectivity index (χ4n) is 2.61. The summed E-state index contributed by atoms with van der Waals surface area (Å²) in [7, 11) is 1.73. The molecular formula is C15H23N3O2.